The van der Waals surface area contributed by atoms with Gasteiger partial charge in [-0.15, -0.1) is 0 Å². The van der Waals surface area contributed by atoms with Gasteiger partial charge in [0.15, 0.2) is 0 Å². The van der Waals surface area contributed by atoms with Crippen LogP contribution in [0.3, 0.4) is 0 Å². The minimum absolute atomic E-state index is 0.119. The number of esters is 1. The highest BCUT2D eigenvalue weighted by molar-refractivity contribution is 7.75. The molecule has 1 heterocycles. The van der Waals surface area contributed by atoms with Gasteiger partial charge in [-0.2, -0.15) is 4.21 Å². The largest absolute Gasteiger partial charge is 0.466 e. The van der Waals surface area contributed by atoms with Gasteiger partial charge in [-0.05, 0) is 6.08 Å². The molecule has 0 saturated carbocycles. The van der Waals surface area contributed by atoms with Crippen molar-refractivity contribution in [2.75, 3.05) is 7.11 Å². The van der Waals surface area contributed by atoms with Crippen LogP contribution in [0.15, 0.2) is 11.6 Å². The van der Waals surface area contributed by atoms with Crippen molar-refractivity contribution in [1.82, 2.24) is 0 Å². The van der Waals surface area contributed by atoms with Gasteiger partial charge in [0.05, 0.1) is 13.2 Å². The number of hydrogen-bond acceptors (Lipinski definition) is 6. The Labute approximate surface area is 88.7 Å². The molecule has 2 rings (SSSR count). The van der Waals surface area contributed by atoms with Crippen molar-refractivity contribution >= 4 is 17.3 Å². The maximum atomic E-state index is 11.2. The van der Waals surface area contributed by atoms with Gasteiger partial charge in [-0.25, -0.2) is 4.79 Å². The van der Waals surface area contributed by atoms with Crippen molar-refractivity contribution in [3.05, 3.63) is 11.6 Å². The van der Waals surface area contributed by atoms with Gasteiger partial charge in [0.25, 0.3) is 0 Å². The standard InChI is InChI=1S/C8H10O6S/c1-12-8(10)4-2-5(9)7-6(3-4)13-15(11)14-7/h3,5-7,9H,2H2,1H3/t5-,6-,7+,15?/m1/s1. The lowest BCUT2D eigenvalue weighted by Gasteiger charge is -2.24. The van der Waals surface area contributed by atoms with Crippen LogP contribution in [0.25, 0.3) is 0 Å². The van der Waals surface area contributed by atoms with Gasteiger partial charge in [0.2, 0.25) is 0 Å². The van der Waals surface area contributed by atoms with Crippen LogP contribution in [-0.4, -0.2) is 40.7 Å². The number of ether oxygens (including phenoxy) is 1. The zero-order valence-electron chi connectivity index (χ0n) is 7.91. The molecule has 0 bridgehead atoms. The highest BCUT2D eigenvalue weighted by Gasteiger charge is 2.43. The van der Waals surface area contributed by atoms with Crippen LogP contribution in [0.1, 0.15) is 6.42 Å². The zero-order chi connectivity index (χ0) is 11.0. The number of aliphatic hydroxyl groups excluding tert-OH is 1. The lowest BCUT2D eigenvalue weighted by molar-refractivity contribution is -0.137. The minimum Gasteiger partial charge on any atom is -0.466 e. The molecule has 1 fully saturated rings. The van der Waals surface area contributed by atoms with Crippen LogP contribution >= 0.6 is 0 Å². The Hall–Kier alpha value is -0.760. The summed E-state index contributed by atoms with van der Waals surface area (Å²) in [6, 6.07) is 0. The fourth-order valence-electron chi connectivity index (χ4n) is 1.61. The summed E-state index contributed by atoms with van der Waals surface area (Å²) in [6.07, 6.45) is -0.619. The quantitative estimate of drug-likeness (QED) is 0.599. The van der Waals surface area contributed by atoms with E-state index in [1.165, 1.54) is 13.2 Å². The van der Waals surface area contributed by atoms with Crippen molar-refractivity contribution in [1.29, 1.82) is 0 Å². The van der Waals surface area contributed by atoms with E-state index in [1.54, 1.807) is 0 Å². The predicted molar refractivity (Wildman–Crippen MR) is 48.6 cm³/mol. The third-order valence-electron chi connectivity index (χ3n) is 2.32. The number of methoxy groups -OCH3 is 1. The van der Waals surface area contributed by atoms with Crippen LogP contribution in [0.4, 0.5) is 0 Å². The Balaban J connectivity index is 2.21. The maximum Gasteiger partial charge on any atom is 0.333 e. The number of rotatable bonds is 1. The average molecular weight is 234 g/mol. The van der Waals surface area contributed by atoms with Crippen LogP contribution in [-0.2, 0) is 29.3 Å². The molecule has 1 aliphatic heterocycles. The van der Waals surface area contributed by atoms with Gasteiger partial charge >= 0.3 is 17.3 Å². The SMILES string of the molecule is COC(=O)C1=C[C@H]2OS(=O)O[C@H]2[C@H](O)C1. The molecular weight excluding hydrogens is 224 g/mol. The molecule has 6 nitrogen and oxygen atoms in total. The fraction of sp³-hybridized carbons (Fsp3) is 0.625. The van der Waals surface area contributed by atoms with Crippen molar-refractivity contribution < 1.29 is 27.2 Å². The molecule has 4 atom stereocenters. The van der Waals surface area contributed by atoms with Crippen molar-refractivity contribution in [2.24, 2.45) is 0 Å². The second-order valence-corrected chi connectivity index (χ2v) is 4.07. The Morgan fingerprint density at radius 3 is 3.07 bits per heavy atom. The van der Waals surface area contributed by atoms with Gasteiger partial charge < -0.3 is 9.84 Å². The van der Waals surface area contributed by atoms with Gasteiger partial charge in [-0.3, -0.25) is 8.37 Å². The highest BCUT2D eigenvalue weighted by atomic mass is 32.2. The van der Waals surface area contributed by atoms with E-state index in [-0.39, 0.29) is 6.42 Å². The fourth-order valence-corrected chi connectivity index (χ4v) is 2.42. The minimum atomic E-state index is -1.85. The molecule has 1 saturated heterocycles. The Kier molecular flexibility index (Phi) is 2.87. The summed E-state index contributed by atoms with van der Waals surface area (Å²) in [5.41, 5.74) is 0.314. The molecular formula is C8H10O6S. The lowest BCUT2D eigenvalue weighted by Crippen LogP contribution is -2.39. The molecule has 0 radical (unpaired) electrons. The van der Waals surface area contributed by atoms with E-state index in [4.69, 9.17) is 8.37 Å². The van der Waals surface area contributed by atoms with Gasteiger partial charge in [0, 0.05) is 12.0 Å². The first-order valence-corrected chi connectivity index (χ1v) is 5.35. The van der Waals surface area contributed by atoms with Crippen molar-refractivity contribution in [2.45, 2.75) is 24.7 Å². The molecule has 0 spiro atoms. The Morgan fingerprint density at radius 2 is 2.40 bits per heavy atom. The van der Waals surface area contributed by atoms with Crippen LogP contribution in [0, 0.1) is 0 Å². The van der Waals surface area contributed by atoms with E-state index in [1.807, 2.05) is 0 Å². The molecule has 1 N–H and O–H groups in total. The molecule has 0 aromatic rings. The summed E-state index contributed by atoms with van der Waals surface area (Å²) in [6.45, 7) is 0. The summed E-state index contributed by atoms with van der Waals surface area (Å²) in [5.74, 6) is -0.520. The van der Waals surface area contributed by atoms with E-state index in [2.05, 4.69) is 4.74 Å². The Bertz CT molecular complexity index is 338. The van der Waals surface area contributed by atoms with E-state index >= 15 is 0 Å². The molecule has 0 amide bonds. The molecule has 0 aromatic carbocycles. The Morgan fingerprint density at radius 1 is 1.67 bits per heavy atom. The summed E-state index contributed by atoms with van der Waals surface area (Å²) >= 11 is -1.85. The van der Waals surface area contributed by atoms with Gasteiger partial charge in [0.1, 0.15) is 12.2 Å². The second-order valence-electron chi connectivity index (χ2n) is 3.28. The van der Waals surface area contributed by atoms with Crippen LogP contribution < -0.4 is 0 Å². The molecule has 2 aliphatic rings. The second kappa shape index (κ2) is 4.01. The topological polar surface area (TPSA) is 82.1 Å². The van der Waals surface area contributed by atoms with E-state index in [0.29, 0.717) is 5.57 Å². The molecule has 1 unspecified atom stereocenters. The molecule has 7 heteroatoms. The first-order chi connectivity index (χ1) is 7.11. The first-order valence-electron chi connectivity index (χ1n) is 4.35. The van der Waals surface area contributed by atoms with Crippen molar-refractivity contribution in [3.63, 3.8) is 0 Å². The number of aliphatic hydroxyl groups is 1. The number of fused-ring (bicyclic) bond motifs is 1. The smallest absolute Gasteiger partial charge is 0.333 e. The number of carbonyl (C=O) groups excluding carboxylic acids is 1. The lowest BCUT2D eigenvalue weighted by atomic mass is 9.92. The summed E-state index contributed by atoms with van der Waals surface area (Å²) in [4.78, 5) is 11.2. The summed E-state index contributed by atoms with van der Waals surface area (Å²) in [7, 11) is 1.26. The first kappa shape index (κ1) is 10.7. The number of hydrogen-bond donors (Lipinski definition) is 1. The van der Waals surface area contributed by atoms with E-state index in [9.17, 15) is 14.1 Å². The number of carbonyl (C=O) groups is 1. The molecule has 0 aromatic heterocycles. The molecule has 15 heavy (non-hydrogen) atoms. The van der Waals surface area contributed by atoms with Crippen LogP contribution in [0.5, 0.6) is 0 Å². The normalized spacial score (nSPS) is 39.5. The van der Waals surface area contributed by atoms with Crippen LogP contribution in [0.2, 0.25) is 0 Å². The molecule has 1 aliphatic carbocycles. The highest BCUT2D eigenvalue weighted by Crippen LogP contribution is 2.30. The summed E-state index contributed by atoms with van der Waals surface area (Å²) < 4.78 is 25.1. The monoisotopic (exact) mass is 234 g/mol. The zero-order valence-corrected chi connectivity index (χ0v) is 8.73. The summed E-state index contributed by atoms with van der Waals surface area (Å²) in [5, 5.41) is 9.62. The molecule has 84 valence electrons. The third kappa shape index (κ3) is 1.96. The van der Waals surface area contributed by atoms with Gasteiger partial charge in [-0.1, -0.05) is 0 Å². The third-order valence-corrected chi connectivity index (χ3v) is 3.08. The maximum absolute atomic E-state index is 11.2. The van der Waals surface area contributed by atoms with E-state index < -0.39 is 35.6 Å². The van der Waals surface area contributed by atoms with Crippen molar-refractivity contribution in [3.8, 4) is 0 Å². The average Bonchev–Trinajstić information content (AvgIpc) is 2.58. The predicted octanol–water partition coefficient (Wildman–Crippen LogP) is -0.787. The van der Waals surface area contributed by atoms with E-state index in [0.717, 1.165) is 0 Å².